The van der Waals surface area contributed by atoms with Crippen LogP contribution >= 0.6 is 0 Å². The van der Waals surface area contributed by atoms with Crippen molar-refractivity contribution in [1.29, 1.82) is 0 Å². The number of benzene rings is 2. The van der Waals surface area contributed by atoms with Gasteiger partial charge in [0.2, 0.25) is 0 Å². The molecule has 2 nitrogen and oxygen atoms in total. The number of hydrogen-bond acceptors (Lipinski definition) is 2. The van der Waals surface area contributed by atoms with Gasteiger partial charge in [0.05, 0.1) is 0 Å². The van der Waals surface area contributed by atoms with Gasteiger partial charge in [0.15, 0.2) is 5.78 Å². The molecule has 102 valence electrons. The lowest BCUT2D eigenvalue weighted by atomic mass is 10.0. The van der Waals surface area contributed by atoms with Crippen LogP contribution in [0.15, 0.2) is 48.5 Å². The molecule has 0 unspecified atom stereocenters. The summed E-state index contributed by atoms with van der Waals surface area (Å²) >= 11 is 0. The van der Waals surface area contributed by atoms with E-state index in [0.29, 0.717) is 12.0 Å². The van der Waals surface area contributed by atoms with Gasteiger partial charge < -0.3 is 0 Å². The molecule has 3 heteroatoms. The monoisotopic (exact) mass is 270 g/mol. The Bertz CT molecular complexity index is 612. The smallest absolute Gasteiger partial charge is 0.159 e. The Hall–Kier alpha value is -2.29. The van der Waals surface area contributed by atoms with E-state index in [9.17, 15) is 14.0 Å². The van der Waals surface area contributed by atoms with E-state index in [2.05, 4.69) is 0 Å². The van der Waals surface area contributed by atoms with Crippen molar-refractivity contribution in [2.24, 2.45) is 0 Å². The highest BCUT2D eigenvalue weighted by Crippen LogP contribution is 2.09. The predicted molar refractivity (Wildman–Crippen MR) is 75.3 cm³/mol. The lowest BCUT2D eigenvalue weighted by Gasteiger charge is -2.03. The Kier molecular flexibility index (Phi) is 4.41. The van der Waals surface area contributed by atoms with Crippen molar-refractivity contribution in [2.45, 2.75) is 19.8 Å². The van der Waals surface area contributed by atoms with Crippen LogP contribution < -0.4 is 0 Å². The molecule has 0 bridgehead atoms. The summed E-state index contributed by atoms with van der Waals surface area (Å²) < 4.78 is 12.8. The fraction of sp³-hybridized carbons (Fsp3) is 0.176. The third-order valence-electron chi connectivity index (χ3n) is 3.08. The normalized spacial score (nSPS) is 10.3. The lowest BCUT2D eigenvalue weighted by molar-refractivity contribution is -0.117. The molecule has 0 aromatic heterocycles. The fourth-order valence-electron chi connectivity index (χ4n) is 1.98. The number of Topliss-reactive ketones (excluding diaryl/α,β-unsaturated/α-hetero) is 2. The second kappa shape index (κ2) is 6.24. The second-order valence-corrected chi connectivity index (χ2v) is 4.77. The number of halogens is 1. The van der Waals surface area contributed by atoms with Crippen molar-refractivity contribution < 1.29 is 14.0 Å². The summed E-state index contributed by atoms with van der Waals surface area (Å²) in [4.78, 5) is 23.1. The molecule has 0 saturated heterocycles. The number of carbonyl (C=O) groups excluding carboxylic acids is 2. The molecule has 0 aliphatic heterocycles. The lowest BCUT2D eigenvalue weighted by Crippen LogP contribution is -2.06. The Labute approximate surface area is 117 Å². The molecule has 0 spiro atoms. The Morgan fingerprint density at radius 2 is 1.30 bits per heavy atom. The molecule has 0 fully saturated rings. The maximum atomic E-state index is 12.8. The van der Waals surface area contributed by atoms with E-state index in [4.69, 9.17) is 0 Å². The van der Waals surface area contributed by atoms with Crippen molar-refractivity contribution in [3.63, 3.8) is 0 Å². The Morgan fingerprint density at radius 3 is 1.75 bits per heavy atom. The van der Waals surface area contributed by atoms with Gasteiger partial charge in [-0.25, -0.2) is 4.39 Å². The van der Waals surface area contributed by atoms with Gasteiger partial charge in [-0.05, 0) is 30.2 Å². The van der Waals surface area contributed by atoms with Crippen molar-refractivity contribution in [2.75, 3.05) is 0 Å². The average molecular weight is 270 g/mol. The fourth-order valence-corrected chi connectivity index (χ4v) is 1.98. The average Bonchev–Trinajstić information content (AvgIpc) is 2.42. The van der Waals surface area contributed by atoms with Crippen LogP contribution in [-0.2, 0) is 17.6 Å². The molecule has 20 heavy (non-hydrogen) atoms. The standard InChI is InChI=1S/C17H15FO2/c1-12(19)15-6-2-13(3-7-15)10-17(20)11-14-4-8-16(18)9-5-14/h2-9H,10-11H2,1H3. The summed E-state index contributed by atoms with van der Waals surface area (Å²) in [6, 6.07) is 13.0. The quantitative estimate of drug-likeness (QED) is 0.780. The minimum absolute atomic E-state index is 0.00851. The van der Waals surface area contributed by atoms with Crippen LogP contribution in [0.25, 0.3) is 0 Å². The van der Waals surface area contributed by atoms with Crippen LogP contribution in [-0.4, -0.2) is 11.6 Å². The van der Waals surface area contributed by atoms with Gasteiger partial charge in [0.25, 0.3) is 0 Å². The van der Waals surface area contributed by atoms with E-state index in [-0.39, 0.29) is 23.8 Å². The summed E-state index contributed by atoms with van der Waals surface area (Å²) in [6.45, 7) is 1.51. The molecular formula is C17H15FO2. The van der Waals surface area contributed by atoms with Gasteiger partial charge in [-0.2, -0.15) is 0 Å². The summed E-state index contributed by atoms with van der Waals surface area (Å²) in [5.41, 5.74) is 2.32. The van der Waals surface area contributed by atoms with Gasteiger partial charge in [0, 0.05) is 18.4 Å². The summed E-state index contributed by atoms with van der Waals surface area (Å²) in [5.74, 6) is -0.234. The molecule has 2 aromatic rings. The highest BCUT2D eigenvalue weighted by molar-refractivity contribution is 5.94. The Morgan fingerprint density at radius 1 is 0.850 bits per heavy atom. The summed E-state index contributed by atoms with van der Waals surface area (Å²) in [7, 11) is 0. The SMILES string of the molecule is CC(=O)c1ccc(CC(=O)Cc2ccc(F)cc2)cc1. The van der Waals surface area contributed by atoms with Gasteiger partial charge >= 0.3 is 0 Å². The molecular weight excluding hydrogens is 255 g/mol. The largest absolute Gasteiger partial charge is 0.299 e. The zero-order valence-corrected chi connectivity index (χ0v) is 11.2. The minimum atomic E-state index is -0.305. The van der Waals surface area contributed by atoms with E-state index >= 15 is 0 Å². The van der Waals surface area contributed by atoms with Gasteiger partial charge in [-0.3, -0.25) is 9.59 Å². The van der Waals surface area contributed by atoms with E-state index in [1.165, 1.54) is 19.1 Å². The maximum Gasteiger partial charge on any atom is 0.159 e. The van der Waals surface area contributed by atoms with Crippen LogP contribution in [0.2, 0.25) is 0 Å². The number of hydrogen-bond donors (Lipinski definition) is 0. The molecule has 0 amide bonds. The summed E-state index contributed by atoms with van der Waals surface area (Å²) in [6.07, 6.45) is 0.601. The maximum absolute atomic E-state index is 12.8. The highest BCUT2D eigenvalue weighted by Gasteiger charge is 2.06. The van der Waals surface area contributed by atoms with Gasteiger partial charge in [-0.15, -0.1) is 0 Å². The molecule has 0 atom stereocenters. The van der Waals surface area contributed by atoms with Crippen LogP contribution in [0.3, 0.4) is 0 Å². The predicted octanol–water partition coefficient (Wildman–Crippen LogP) is 3.38. The first-order chi connectivity index (χ1) is 9.54. The van der Waals surface area contributed by atoms with E-state index in [1.54, 1.807) is 36.4 Å². The first-order valence-corrected chi connectivity index (χ1v) is 6.40. The second-order valence-electron chi connectivity index (χ2n) is 4.77. The number of rotatable bonds is 5. The van der Waals surface area contributed by atoms with Crippen LogP contribution in [0, 0.1) is 5.82 Å². The number of carbonyl (C=O) groups is 2. The zero-order valence-electron chi connectivity index (χ0n) is 11.2. The van der Waals surface area contributed by atoms with Crippen molar-refractivity contribution in [1.82, 2.24) is 0 Å². The van der Waals surface area contributed by atoms with Crippen molar-refractivity contribution >= 4 is 11.6 Å². The van der Waals surface area contributed by atoms with E-state index < -0.39 is 0 Å². The molecule has 2 rings (SSSR count). The third-order valence-corrected chi connectivity index (χ3v) is 3.08. The van der Waals surface area contributed by atoms with Crippen molar-refractivity contribution in [3.8, 4) is 0 Å². The van der Waals surface area contributed by atoms with E-state index in [0.717, 1.165) is 11.1 Å². The van der Waals surface area contributed by atoms with Gasteiger partial charge in [0.1, 0.15) is 11.6 Å². The van der Waals surface area contributed by atoms with Crippen LogP contribution in [0.5, 0.6) is 0 Å². The molecule has 2 aromatic carbocycles. The summed E-state index contributed by atoms with van der Waals surface area (Å²) in [5, 5.41) is 0. The Balaban J connectivity index is 1.97. The topological polar surface area (TPSA) is 34.1 Å². The van der Waals surface area contributed by atoms with Crippen LogP contribution in [0.4, 0.5) is 4.39 Å². The molecule has 0 aliphatic rings. The molecule has 0 N–H and O–H groups in total. The van der Waals surface area contributed by atoms with Crippen LogP contribution in [0.1, 0.15) is 28.4 Å². The molecule has 0 saturated carbocycles. The van der Waals surface area contributed by atoms with Gasteiger partial charge in [-0.1, -0.05) is 36.4 Å². The number of ketones is 2. The first-order valence-electron chi connectivity index (χ1n) is 6.40. The molecule has 0 radical (unpaired) electrons. The highest BCUT2D eigenvalue weighted by atomic mass is 19.1. The molecule has 0 aliphatic carbocycles. The van der Waals surface area contributed by atoms with E-state index in [1.807, 2.05) is 0 Å². The third kappa shape index (κ3) is 3.85. The first kappa shape index (κ1) is 14.1. The molecule has 0 heterocycles. The zero-order chi connectivity index (χ0) is 14.5. The minimum Gasteiger partial charge on any atom is -0.299 e. The van der Waals surface area contributed by atoms with Crippen molar-refractivity contribution in [3.05, 3.63) is 71.0 Å².